The van der Waals surface area contributed by atoms with Gasteiger partial charge in [-0.15, -0.1) is 24.0 Å². The van der Waals surface area contributed by atoms with Crippen molar-refractivity contribution in [3.63, 3.8) is 0 Å². The molecule has 0 radical (unpaired) electrons. The van der Waals surface area contributed by atoms with Crippen molar-refractivity contribution in [1.29, 1.82) is 0 Å². The minimum atomic E-state index is -3.74. The standard InChI is InChI=1S/C18H22Cl2N4O2S.HI/c1-3-22-18(24(2)12-14-7-8-16(19)17(20)10-14)23-11-13-5-4-6-15(9-13)27(21,25)26;/h4-10H,3,11-12H2,1-2H3,(H,22,23)(H2,21,25,26);1H. The number of rotatable bonds is 6. The van der Waals surface area contributed by atoms with Gasteiger partial charge in [0, 0.05) is 20.1 Å². The number of nitrogens with one attached hydrogen (secondary N) is 1. The van der Waals surface area contributed by atoms with Crippen LogP contribution >= 0.6 is 47.2 Å². The molecule has 6 nitrogen and oxygen atoms in total. The highest BCUT2D eigenvalue weighted by Gasteiger charge is 2.10. The van der Waals surface area contributed by atoms with Crippen molar-refractivity contribution in [3.05, 3.63) is 63.6 Å². The highest BCUT2D eigenvalue weighted by molar-refractivity contribution is 14.0. The smallest absolute Gasteiger partial charge is 0.238 e. The van der Waals surface area contributed by atoms with Crippen molar-refractivity contribution < 1.29 is 8.42 Å². The zero-order valence-corrected chi connectivity index (χ0v) is 20.2. The lowest BCUT2D eigenvalue weighted by Gasteiger charge is -2.22. The number of nitrogens with zero attached hydrogens (tertiary/aromatic N) is 2. The molecule has 0 heterocycles. The minimum absolute atomic E-state index is 0. The molecular formula is C18H23Cl2IN4O2S. The van der Waals surface area contributed by atoms with Gasteiger partial charge in [-0.25, -0.2) is 18.5 Å². The highest BCUT2D eigenvalue weighted by atomic mass is 127. The maximum atomic E-state index is 11.5. The lowest BCUT2D eigenvalue weighted by atomic mass is 10.2. The molecule has 3 N–H and O–H groups in total. The Morgan fingerprint density at radius 2 is 1.86 bits per heavy atom. The van der Waals surface area contributed by atoms with Gasteiger partial charge in [-0.05, 0) is 42.3 Å². The first-order valence-electron chi connectivity index (χ1n) is 8.26. The van der Waals surface area contributed by atoms with E-state index in [0.29, 0.717) is 35.6 Å². The molecule has 0 aliphatic carbocycles. The van der Waals surface area contributed by atoms with Crippen LogP contribution in [0, 0.1) is 0 Å². The lowest BCUT2D eigenvalue weighted by Crippen LogP contribution is -2.38. The zero-order chi connectivity index (χ0) is 20.0. The summed E-state index contributed by atoms with van der Waals surface area (Å²) >= 11 is 12.0. The van der Waals surface area contributed by atoms with E-state index in [-0.39, 0.29) is 28.9 Å². The van der Waals surface area contributed by atoms with Gasteiger partial charge >= 0.3 is 0 Å². The Balaban J connectivity index is 0.00000392. The van der Waals surface area contributed by atoms with Crippen LogP contribution in [0.2, 0.25) is 10.0 Å². The molecule has 2 aromatic rings. The maximum Gasteiger partial charge on any atom is 0.238 e. The quantitative estimate of drug-likeness (QED) is 0.321. The normalized spacial score (nSPS) is 11.7. The van der Waals surface area contributed by atoms with Gasteiger partial charge in [-0.1, -0.05) is 41.4 Å². The molecule has 10 heteroatoms. The van der Waals surface area contributed by atoms with E-state index >= 15 is 0 Å². The number of hydrogen-bond acceptors (Lipinski definition) is 3. The van der Waals surface area contributed by atoms with Crippen molar-refractivity contribution in [3.8, 4) is 0 Å². The summed E-state index contributed by atoms with van der Waals surface area (Å²) in [5, 5.41) is 9.42. The SMILES string of the molecule is CCNC(=NCc1cccc(S(N)(=O)=O)c1)N(C)Cc1ccc(Cl)c(Cl)c1.I. The summed E-state index contributed by atoms with van der Waals surface area (Å²) in [6.07, 6.45) is 0. The first-order valence-corrected chi connectivity index (χ1v) is 10.6. The summed E-state index contributed by atoms with van der Waals surface area (Å²) in [5.74, 6) is 0.685. The van der Waals surface area contributed by atoms with Crippen molar-refractivity contribution in [1.82, 2.24) is 10.2 Å². The average Bonchev–Trinajstić information content (AvgIpc) is 2.61. The molecule has 0 bridgehead atoms. The number of benzene rings is 2. The van der Waals surface area contributed by atoms with E-state index in [4.69, 9.17) is 28.3 Å². The van der Waals surface area contributed by atoms with Crippen LogP contribution in [0.5, 0.6) is 0 Å². The Morgan fingerprint density at radius 3 is 2.46 bits per heavy atom. The Hall–Kier alpha value is -1.07. The second-order valence-corrected chi connectivity index (χ2v) is 8.34. The van der Waals surface area contributed by atoms with Crippen LogP contribution in [0.15, 0.2) is 52.4 Å². The average molecular weight is 557 g/mol. The van der Waals surface area contributed by atoms with Crippen molar-refractivity contribution >= 4 is 63.2 Å². The fraction of sp³-hybridized carbons (Fsp3) is 0.278. The van der Waals surface area contributed by atoms with Gasteiger partial charge in [0.1, 0.15) is 0 Å². The predicted molar refractivity (Wildman–Crippen MR) is 126 cm³/mol. The molecule has 0 aromatic heterocycles. The number of aliphatic imine (C=N–C) groups is 1. The predicted octanol–water partition coefficient (Wildman–Crippen LogP) is 3.86. The molecule has 0 aliphatic rings. The number of halogens is 3. The monoisotopic (exact) mass is 556 g/mol. The molecule has 0 fully saturated rings. The molecule has 0 saturated heterocycles. The van der Waals surface area contributed by atoms with Gasteiger partial charge in [0.15, 0.2) is 5.96 Å². The Kier molecular flexibility index (Phi) is 9.99. The molecule has 2 rings (SSSR count). The van der Waals surface area contributed by atoms with Crippen LogP contribution in [-0.2, 0) is 23.1 Å². The molecule has 0 amide bonds. The molecule has 0 atom stereocenters. The first kappa shape index (κ1) is 25.0. The lowest BCUT2D eigenvalue weighted by molar-refractivity contribution is 0.477. The van der Waals surface area contributed by atoms with E-state index in [0.717, 1.165) is 11.1 Å². The number of sulfonamides is 1. The van der Waals surface area contributed by atoms with Crippen LogP contribution in [-0.4, -0.2) is 32.9 Å². The molecule has 0 spiro atoms. The van der Waals surface area contributed by atoms with E-state index in [1.807, 2.05) is 31.0 Å². The summed E-state index contributed by atoms with van der Waals surface area (Å²) in [4.78, 5) is 6.60. The summed E-state index contributed by atoms with van der Waals surface area (Å²) in [5.41, 5.74) is 1.74. The van der Waals surface area contributed by atoms with Crippen molar-refractivity contribution in [2.24, 2.45) is 10.1 Å². The van der Waals surface area contributed by atoms with E-state index in [2.05, 4.69) is 10.3 Å². The summed E-state index contributed by atoms with van der Waals surface area (Å²) in [6, 6.07) is 11.9. The number of guanidine groups is 1. The van der Waals surface area contributed by atoms with E-state index in [9.17, 15) is 8.42 Å². The molecule has 28 heavy (non-hydrogen) atoms. The van der Waals surface area contributed by atoms with Crippen LogP contribution in [0.3, 0.4) is 0 Å². The Bertz CT molecular complexity index is 939. The van der Waals surface area contributed by atoms with Gasteiger partial charge in [-0.2, -0.15) is 0 Å². The van der Waals surface area contributed by atoms with Gasteiger partial charge < -0.3 is 10.2 Å². The third-order valence-corrected chi connectivity index (χ3v) is 5.39. The molecular weight excluding hydrogens is 534 g/mol. The zero-order valence-electron chi connectivity index (χ0n) is 15.5. The molecule has 154 valence electrons. The Morgan fingerprint density at radius 1 is 1.14 bits per heavy atom. The number of hydrogen-bond donors (Lipinski definition) is 2. The second kappa shape index (κ2) is 11.2. The van der Waals surface area contributed by atoms with Crippen LogP contribution in [0.4, 0.5) is 0 Å². The first-order chi connectivity index (χ1) is 12.7. The fourth-order valence-electron chi connectivity index (χ4n) is 2.44. The largest absolute Gasteiger partial charge is 0.357 e. The van der Waals surface area contributed by atoms with Gasteiger partial charge in [-0.3, -0.25) is 0 Å². The van der Waals surface area contributed by atoms with E-state index < -0.39 is 10.0 Å². The number of nitrogens with two attached hydrogens (primary N) is 1. The molecule has 0 unspecified atom stereocenters. The third kappa shape index (κ3) is 7.40. The summed E-state index contributed by atoms with van der Waals surface area (Å²) in [6.45, 7) is 3.57. The highest BCUT2D eigenvalue weighted by Crippen LogP contribution is 2.23. The fourth-order valence-corrected chi connectivity index (χ4v) is 3.35. The molecule has 2 aromatic carbocycles. The van der Waals surface area contributed by atoms with E-state index in [1.54, 1.807) is 18.2 Å². The van der Waals surface area contributed by atoms with Crippen molar-refractivity contribution in [2.75, 3.05) is 13.6 Å². The molecule has 0 saturated carbocycles. The second-order valence-electron chi connectivity index (χ2n) is 5.97. The van der Waals surface area contributed by atoms with Crippen LogP contribution in [0.25, 0.3) is 0 Å². The van der Waals surface area contributed by atoms with Crippen molar-refractivity contribution in [2.45, 2.75) is 24.9 Å². The topological polar surface area (TPSA) is 87.8 Å². The van der Waals surface area contributed by atoms with Gasteiger partial charge in [0.05, 0.1) is 21.5 Å². The summed E-state index contributed by atoms with van der Waals surface area (Å²) in [7, 11) is -1.83. The Labute approximate surface area is 193 Å². The minimum Gasteiger partial charge on any atom is -0.357 e. The van der Waals surface area contributed by atoms with Gasteiger partial charge in [0.2, 0.25) is 10.0 Å². The summed E-state index contributed by atoms with van der Waals surface area (Å²) < 4.78 is 23.0. The van der Waals surface area contributed by atoms with Gasteiger partial charge in [0.25, 0.3) is 0 Å². The maximum absolute atomic E-state index is 11.5. The van der Waals surface area contributed by atoms with E-state index in [1.165, 1.54) is 12.1 Å². The molecule has 0 aliphatic heterocycles. The number of primary sulfonamides is 1. The van der Waals surface area contributed by atoms with Crippen LogP contribution < -0.4 is 10.5 Å². The van der Waals surface area contributed by atoms with Crippen LogP contribution in [0.1, 0.15) is 18.1 Å². The third-order valence-electron chi connectivity index (χ3n) is 3.74.